The molecule has 2 amide bonds. The lowest BCUT2D eigenvalue weighted by Crippen LogP contribution is -2.34. The summed E-state index contributed by atoms with van der Waals surface area (Å²) in [5, 5.41) is 8.69. The van der Waals surface area contributed by atoms with Crippen LogP contribution in [0.1, 0.15) is 36.2 Å². The molecular weight excluding hydrogens is 284 g/mol. The predicted octanol–water partition coefficient (Wildman–Crippen LogP) is 1.57. The average molecular weight is 304 g/mol. The minimum Gasteiger partial charge on any atom is -0.491 e. The van der Waals surface area contributed by atoms with Gasteiger partial charge in [-0.2, -0.15) is 0 Å². The molecule has 0 aromatic heterocycles. The van der Waals surface area contributed by atoms with E-state index < -0.39 is 5.91 Å². The fourth-order valence-electron chi connectivity index (χ4n) is 2.87. The van der Waals surface area contributed by atoms with E-state index >= 15 is 0 Å². The molecule has 2 aliphatic rings. The minimum absolute atomic E-state index is 0.105. The maximum absolute atomic E-state index is 12.5. The topological polar surface area (TPSA) is 78.9 Å². The van der Waals surface area contributed by atoms with Gasteiger partial charge < -0.3 is 9.64 Å². The zero-order valence-electron chi connectivity index (χ0n) is 12.8. The molecule has 1 heterocycles. The van der Waals surface area contributed by atoms with E-state index in [0.717, 1.165) is 12.0 Å². The SMILES string of the molecule is CC1(C)C[C@@H]1C(=O)N1CCOc2cc(C(=O)NO)ccc2C1. The number of carbonyl (C=O) groups excluding carboxylic acids is 2. The van der Waals surface area contributed by atoms with E-state index in [0.29, 0.717) is 31.0 Å². The molecule has 1 atom stereocenters. The van der Waals surface area contributed by atoms with Crippen LogP contribution >= 0.6 is 0 Å². The Labute approximate surface area is 129 Å². The number of ether oxygens (including phenoxy) is 1. The highest BCUT2D eigenvalue weighted by Gasteiger charge is 2.52. The molecule has 22 heavy (non-hydrogen) atoms. The zero-order chi connectivity index (χ0) is 15.9. The number of benzene rings is 1. The number of nitrogens with zero attached hydrogens (tertiary/aromatic N) is 1. The predicted molar refractivity (Wildman–Crippen MR) is 78.5 cm³/mol. The lowest BCUT2D eigenvalue weighted by molar-refractivity contribution is -0.134. The third-order valence-corrected chi connectivity index (χ3v) is 4.53. The van der Waals surface area contributed by atoms with Crippen LogP contribution in [-0.2, 0) is 11.3 Å². The van der Waals surface area contributed by atoms with Gasteiger partial charge in [-0.15, -0.1) is 0 Å². The molecule has 1 aromatic rings. The Morgan fingerprint density at radius 3 is 2.77 bits per heavy atom. The number of fused-ring (bicyclic) bond motifs is 1. The molecule has 0 radical (unpaired) electrons. The van der Waals surface area contributed by atoms with Crippen LogP contribution in [0.3, 0.4) is 0 Å². The van der Waals surface area contributed by atoms with Crippen molar-refractivity contribution in [1.82, 2.24) is 10.4 Å². The summed E-state index contributed by atoms with van der Waals surface area (Å²) in [6.45, 7) is 5.65. The lowest BCUT2D eigenvalue weighted by Gasteiger charge is -2.20. The summed E-state index contributed by atoms with van der Waals surface area (Å²) in [6, 6.07) is 4.97. The second-order valence-corrected chi connectivity index (χ2v) is 6.62. The van der Waals surface area contributed by atoms with Crippen LogP contribution in [0, 0.1) is 11.3 Å². The van der Waals surface area contributed by atoms with Crippen LogP contribution in [0.25, 0.3) is 0 Å². The Hall–Kier alpha value is -2.08. The van der Waals surface area contributed by atoms with Crippen LogP contribution in [0.15, 0.2) is 18.2 Å². The van der Waals surface area contributed by atoms with Crippen molar-refractivity contribution in [3.63, 3.8) is 0 Å². The first-order valence-electron chi connectivity index (χ1n) is 7.41. The Balaban J connectivity index is 1.79. The number of hydrogen-bond donors (Lipinski definition) is 2. The van der Waals surface area contributed by atoms with Crippen molar-refractivity contribution in [1.29, 1.82) is 0 Å². The number of rotatable bonds is 2. The van der Waals surface area contributed by atoms with Gasteiger partial charge in [-0.25, -0.2) is 5.48 Å². The van der Waals surface area contributed by atoms with Crippen molar-refractivity contribution in [3.05, 3.63) is 29.3 Å². The Morgan fingerprint density at radius 1 is 1.41 bits per heavy atom. The highest BCUT2D eigenvalue weighted by Crippen LogP contribution is 2.52. The summed E-state index contributed by atoms with van der Waals surface area (Å²) in [6.07, 6.45) is 0.936. The van der Waals surface area contributed by atoms with Crippen molar-refractivity contribution < 1.29 is 19.5 Å². The first-order valence-corrected chi connectivity index (χ1v) is 7.41. The smallest absolute Gasteiger partial charge is 0.274 e. The summed E-state index contributed by atoms with van der Waals surface area (Å²) < 4.78 is 5.66. The van der Waals surface area contributed by atoms with Crippen LogP contribution < -0.4 is 10.2 Å². The fraction of sp³-hybridized carbons (Fsp3) is 0.500. The number of carbonyl (C=O) groups is 2. The highest BCUT2D eigenvalue weighted by molar-refractivity contribution is 5.93. The van der Waals surface area contributed by atoms with Crippen molar-refractivity contribution >= 4 is 11.8 Å². The molecule has 0 unspecified atom stereocenters. The highest BCUT2D eigenvalue weighted by atomic mass is 16.5. The Kier molecular flexibility index (Phi) is 3.56. The molecule has 1 fully saturated rings. The van der Waals surface area contributed by atoms with E-state index in [1.165, 1.54) is 0 Å². The van der Waals surface area contributed by atoms with Gasteiger partial charge in [0.15, 0.2) is 0 Å². The molecule has 6 nitrogen and oxygen atoms in total. The largest absolute Gasteiger partial charge is 0.491 e. The average Bonchev–Trinajstić information content (AvgIpc) is 3.19. The summed E-state index contributed by atoms with van der Waals surface area (Å²) >= 11 is 0. The van der Waals surface area contributed by atoms with Crippen LogP contribution in [-0.4, -0.2) is 35.1 Å². The molecule has 0 bridgehead atoms. The second kappa shape index (κ2) is 5.28. The van der Waals surface area contributed by atoms with E-state index in [2.05, 4.69) is 13.8 Å². The number of hydroxylamine groups is 1. The summed E-state index contributed by atoms with van der Waals surface area (Å²) in [7, 11) is 0. The molecule has 6 heteroatoms. The number of amides is 2. The van der Waals surface area contributed by atoms with Gasteiger partial charge in [0, 0.05) is 23.6 Å². The van der Waals surface area contributed by atoms with Gasteiger partial charge in [-0.05, 0) is 24.0 Å². The molecule has 3 rings (SSSR count). The third-order valence-electron chi connectivity index (χ3n) is 4.53. The first kappa shape index (κ1) is 14.8. The standard InChI is InChI=1S/C16H20N2O4/c1-16(2)8-12(16)15(20)18-5-6-22-13-7-10(14(19)17-21)3-4-11(13)9-18/h3-4,7,12,21H,5-6,8-9H2,1-2H3,(H,17,19)/t12-/m1/s1. The van der Waals surface area contributed by atoms with Gasteiger partial charge in [-0.3, -0.25) is 14.8 Å². The molecular formula is C16H20N2O4. The molecule has 1 aromatic carbocycles. The van der Waals surface area contributed by atoms with Gasteiger partial charge >= 0.3 is 0 Å². The van der Waals surface area contributed by atoms with Gasteiger partial charge in [0.1, 0.15) is 12.4 Å². The van der Waals surface area contributed by atoms with Crippen LogP contribution in [0.5, 0.6) is 5.75 Å². The summed E-state index contributed by atoms with van der Waals surface area (Å²) in [4.78, 5) is 25.8. The van der Waals surface area contributed by atoms with Crippen molar-refractivity contribution in [3.8, 4) is 5.75 Å². The van der Waals surface area contributed by atoms with E-state index in [4.69, 9.17) is 9.94 Å². The summed E-state index contributed by atoms with van der Waals surface area (Å²) in [5.74, 6) is 0.293. The van der Waals surface area contributed by atoms with Gasteiger partial charge in [0.05, 0.1) is 6.54 Å². The Morgan fingerprint density at radius 2 is 2.14 bits per heavy atom. The number of nitrogens with one attached hydrogen (secondary N) is 1. The van der Waals surface area contributed by atoms with Crippen LogP contribution in [0.4, 0.5) is 0 Å². The maximum atomic E-state index is 12.5. The third kappa shape index (κ3) is 2.66. The van der Waals surface area contributed by atoms with Gasteiger partial charge in [0.2, 0.25) is 5.91 Å². The first-order chi connectivity index (χ1) is 10.4. The minimum atomic E-state index is -0.580. The van der Waals surface area contributed by atoms with E-state index in [9.17, 15) is 9.59 Å². The van der Waals surface area contributed by atoms with Gasteiger partial charge in [-0.1, -0.05) is 19.9 Å². The van der Waals surface area contributed by atoms with Crippen LogP contribution in [0.2, 0.25) is 0 Å². The van der Waals surface area contributed by atoms with E-state index in [1.807, 2.05) is 4.90 Å². The van der Waals surface area contributed by atoms with Crippen molar-refractivity contribution in [2.45, 2.75) is 26.8 Å². The second-order valence-electron chi connectivity index (χ2n) is 6.62. The van der Waals surface area contributed by atoms with Crippen molar-refractivity contribution in [2.75, 3.05) is 13.2 Å². The molecule has 0 saturated heterocycles. The quantitative estimate of drug-likeness (QED) is 0.642. The fourth-order valence-corrected chi connectivity index (χ4v) is 2.87. The normalized spacial score (nSPS) is 22.1. The lowest BCUT2D eigenvalue weighted by atomic mass is 10.1. The van der Waals surface area contributed by atoms with E-state index in [-0.39, 0.29) is 17.2 Å². The van der Waals surface area contributed by atoms with Crippen molar-refractivity contribution in [2.24, 2.45) is 11.3 Å². The van der Waals surface area contributed by atoms with E-state index in [1.54, 1.807) is 23.7 Å². The zero-order valence-corrected chi connectivity index (χ0v) is 12.8. The molecule has 1 aliphatic carbocycles. The number of hydrogen-bond acceptors (Lipinski definition) is 4. The molecule has 0 spiro atoms. The molecule has 1 saturated carbocycles. The summed E-state index contributed by atoms with van der Waals surface area (Å²) in [5.41, 5.74) is 2.91. The maximum Gasteiger partial charge on any atom is 0.274 e. The molecule has 118 valence electrons. The molecule has 2 N–H and O–H groups in total. The molecule has 1 aliphatic heterocycles. The van der Waals surface area contributed by atoms with Gasteiger partial charge in [0.25, 0.3) is 5.91 Å². The Bertz CT molecular complexity index is 627. The monoisotopic (exact) mass is 304 g/mol.